The van der Waals surface area contributed by atoms with Crippen molar-refractivity contribution in [2.24, 2.45) is 0 Å². The third-order valence-corrected chi connectivity index (χ3v) is 1.98. The number of hydrogen-bond acceptors (Lipinski definition) is 2. The summed E-state index contributed by atoms with van der Waals surface area (Å²) in [6.45, 7) is 13.3. The monoisotopic (exact) mass is 180 g/mol. The van der Waals surface area contributed by atoms with E-state index in [4.69, 9.17) is 5.26 Å². The van der Waals surface area contributed by atoms with Gasteiger partial charge >= 0.3 is 0 Å². The molecule has 0 spiro atoms. The van der Waals surface area contributed by atoms with Gasteiger partial charge in [-0.3, -0.25) is 0 Å². The number of rotatable bonds is 2. The van der Waals surface area contributed by atoms with Gasteiger partial charge in [0.2, 0.25) is 0 Å². The van der Waals surface area contributed by atoms with Crippen molar-refractivity contribution in [3.05, 3.63) is 11.3 Å². The van der Waals surface area contributed by atoms with Crippen LogP contribution < -0.4 is 0 Å². The zero-order valence-corrected chi connectivity index (χ0v) is 9.60. The van der Waals surface area contributed by atoms with E-state index >= 15 is 0 Å². The Hall–Kier alpha value is -0.970. The molecule has 0 aromatic carbocycles. The van der Waals surface area contributed by atoms with Gasteiger partial charge in [0.1, 0.15) is 11.8 Å². The Morgan fingerprint density at radius 2 is 1.77 bits per heavy atom. The predicted octanol–water partition coefficient (Wildman–Crippen LogP) is 2.92. The third kappa shape index (κ3) is 3.10. The molecule has 0 radical (unpaired) electrons. The van der Waals surface area contributed by atoms with E-state index in [2.05, 4.69) is 38.7 Å². The molecule has 0 aliphatic carbocycles. The first-order valence-corrected chi connectivity index (χ1v) is 4.69. The second kappa shape index (κ2) is 4.32. The van der Waals surface area contributed by atoms with Gasteiger partial charge in [-0.25, -0.2) is 0 Å². The molecule has 0 atom stereocenters. The van der Waals surface area contributed by atoms with E-state index in [1.807, 2.05) is 13.8 Å². The van der Waals surface area contributed by atoms with Gasteiger partial charge < -0.3 is 4.90 Å². The maximum atomic E-state index is 9.01. The number of allylic oxidation sites excluding steroid dienone is 2. The van der Waals surface area contributed by atoms with E-state index in [1.165, 1.54) is 0 Å². The lowest BCUT2D eigenvalue weighted by Crippen LogP contribution is -2.40. The van der Waals surface area contributed by atoms with Crippen molar-refractivity contribution >= 4 is 0 Å². The Morgan fingerprint density at radius 1 is 1.31 bits per heavy atom. The fourth-order valence-electron chi connectivity index (χ4n) is 1.41. The van der Waals surface area contributed by atoms with Crippen molar-refractivity contribution in [1.29, 1.82) is 5.26 Å². The summed E-state index contributed by atoms with van der Waals surface area (Å²) in [5.41, 5.74) is 1.91. The molecule has 0 aromatic heterocycles. The zero-order valence-electron chi connectivity index (χ0n) is 9.60. The molecule has 0 amide bonds. The molecular formula is C11H20N2. The van der Waals surface area contributed by atoms with Crippen molar-refractivity contribution in [3.63, 3.8) is 0 Å². The van der Waals surface area contributed by atoms with Crippen molar-refractivity contribution in [3.8, 4) is 6.07 Å². The highest BCUT2D eigenvalue weighted by atomic mass is 15.2. The topological polar surface area (TPSA) is 27.0 Å². The molecule has 0 saturated heterocycles. The molecule has 0 aliphatic rings. The molecule has 0 saturated carbocycles. The normalized spacial score (nSPS) is 10.5. The highest BCUT2D eigenvalue weighted by molar-refractivity contribution is 5.25. The minimum atomic E-state index is 0.0249. The van der Waals surface area contributed by atoms with Crippen LogP contribution in [0.25, 0.3) is 0 Å². The van der Waals surface area contributed by atoms with Crippen LogP contribution in [0, 0.1) is 11.3 Å². The molecule has 0 aromatic rings. The predicted molar refractivity (Wildman–Crippen MR) is 56.1 cm³/mol. The second-order valence-electron chi connectivity index (χ2n) is 4.38. The summed E-state index contributed by atoms with van der Waals surface area (Å²) in [6.07, 6.45) is 0. The lowest BCUT2D eigenvalue weighted by atomic mass is 10.0. The average Bonchev–Trinajstić information content (AvgIpc) is 1.96. The van der Waals surface area contributed by atoms with E-state index in [-0.39, 0.29) is 5.54 Å². The molecule has 0 unspecified atom stereocenters. The summed E-state index contributed by atoms with van der Waals surface area (Å²) in [5.74, 6) is 0. The Kier molecular flexibility index (Phi) is 4.00. The molecule has 0 N–H and O–H groups in total. The first kappa shape index (κ1) is 12.0. The molecule has 13 heavy (non-hydrogen) atoms. The molecule has 0 rings (SSSR count). The average molecular weight is 180 g/mol. The number of nitrogens with zero attached hydrogens (tertiary/aromatic N) is 2. The molecular weight excluding hydrogens is 160 g/mol. The molecule has 0 bridgehead atoms. The van der Waals surface area contributed by atoms with Crippen LogP contribution in [0.3, 0.4) is 0 Å². The summed E-state index contributed by atoms with van der Waals surface area (Å²) < 4.78 is 0. The molecule has 0 aliphatic heterocycles. The maximum absolute atomic E-state index is 9.01. The van der Waals surface area contributed by atoms with Gasteiger partial charge in [-0.05, 0) is 47.1 Å². The molecule has 0 heterocycles. The van der Waals surface area contributed by atoms with E-state index in [0.717, 1.165) is 17.8 Å². The van der Waals surface area contributed by atoms with Crippen molar-refractivity contribution in [1.82, 2.24) is 4.90 Å². The third-order valence-electron chi connectivity index (χ3n) is 1.98. The van der Waals surface area contributed by atoms with Gasteiger partial charge in [0.15, 0.2) is 0 Å². The van der Waals surface area contributed by atoms with Gasteiger partial charge in [-0.2, -0.15) is 5.26 Å². The van der Waals surface area contributed by atoms with Crippen LogP contribution in [0.1, 0.15) is 41.5 Å². The highest BCUT2D eigenvalue weighted by Gasteiger charge is 2.22. The zero-order chi connectivity index (χ0) is 10.6. The Labute approximate surface area is 81.9 Å². The van der Waals surface area contributed by atoms with Crippen LogP contribution >= 0.6 is 0 Å². The molecule has 2 nitrogen and oxygen atoms in total. The maximum Gasteiger partial charge on any atom is 0.117 e. The first-order valence-electron chi connectivity index (χ1n) is 4.69. The van der Waals surface area contributed by atoms with E-state index in [0.29, 0.717) is 0 Å². The van der Waals surface area contributed by atoms with E-state index in [1.54, 1.807) is 0 Å². The Morgan fingerprint density at radius 3 is 1.85 bits per heavy atom. The summed E-state index contributed by atoms with van der Waals surface area (Å²) in [7, 11) is 0. The fourth-order valence-corrected chi connectivity index (χ4v) is 1.41. The van der Waals surface area contributed by atoms with Crippen molar-refractivity contribution in [2.75, 3.05) is 6.54 Å². The van der Waals surface area contributed by atoms with Gasteiger partial charge in [0, 0.05) is 12.1 Å². The molecule has 2 heteroatoms. The minimum Gasteiger partial charge on any atom is -0.359 e. The van der Waals surface area contributed by atoms with Crippen LogP contribution in [-0.2, 0) is 0 Å². The van der Waals surface area contributed by atoms with Gasteiger partial charge in [-0.1, -0.05) is 0 Å². The molecule has 74 valence electrons. The van der Waals surface area contributed by atoms with Crippen LogP contribution in [0.15, 0.2) is 11.3 Å². The molecule has 0 fully saturated rings. The number of hydrogen-bond donors (Lipinski definition) is 0. The quantitative estimate of drug-likeness (QED) is 0.611. The highest BCUT2D eigenvalue weighted by Crippen LogP contribution is 2.20. The fraction of sp³-hybridized carbons (Fsp3) is 0.727. The Balaban J connectivity index is 5.02. The van der Waals surface area contributed by atoms with Crippen molar-refractivity contribution < 1.29 is 0 Å². The van der Waals surface area contributed by atoms with Crippen LogP contribution in [0.4, 0.5) is 0 Å². The minimum absolute atomic E-state index is 0.0249. The van der Waals surface area contributed by atoms with Crippen molar-refractivity contribution in [2.45, 2.75) is 47.1 Å². The summed E-state index contributed by atoms with van der Waals surface area (Å²) in [6, 6.07) is 2.26. The standard InChI is InChI=1S/C11H20N2/c1-7-13(11(4,5)6)10(8-12)9(2)3/h7H2,1-6H3. The van der Waals surface area contributed by atoms with Crippen LogP contribution in [0.2, 0.25) is 0 Å². The number of nitriles is 1. The summed E-state index contributed by atoms with van der Waals surface area (Å²) in [4.78, 5) is 2.13. The van der Waals surface area contributed by atoms with Crippen LogP contribution in [-0.4, -0.2) is 17.0 Å². The first-order chi connectivity index (χ1) is 5.84. The van der Waals surface area contributed by atoms with E-state index in [9.17, 15) is 0 Å². The Bertz CT molecular complexity index is 234. The second-order valence-corrected chi connectivity index (χ2v) is 4.38. The lowest BCUT2D eigenvalue weighted by molar-refractivity contribution is 0.201. The largest absolute Gasteiger partial charge is 0.359 e. The smallest absolute Gasteiger partial charge is 0.117 e. The SMILES string of the molecule is CCN(C(C#N)=C(C)C)C(C)(C)C. The summed E-state index contributed by atoms with van der Waals surface area (Å²) >= 11 is 0. The van der Waals surface area contributed by atoms with Gasteiger partial charge in [0.05, 0.1) is 0 Å². The van der Waals surface area contributed by atoms with Crippen LogP contribution in [0.5, 0.6) is 0 Å². The van der Waals surface area contributed by atoms with Gasteiger partial charge in [0.25, 0.3) is 0 Å². The summed E-state index contributed by atoms with van der Waals surface area (Å²) in [5, 5.41) is 9.01. The lowest BCUT2D eigenvalue weighted by Gasteiger charge is -2.36. The van der Waals surface area contributed by atoms with E-state index < -0.39 is 0 Å². The van der Waals surface area contributed by atoms with Gasteiger partial charge in [-0.15, -0.1) is 0 Å².